The molecule has 0 amide bonds. The molecule has 2 unspecified atom stereocenters. The SMILES string of the molecule is C=C1CC=CC=C1Oc1ccc([C@H]2CC(OC3=CN=CC(OC)C3C)=NO2)cc1. The zero-order valence-corrected chi connectivity index (χ0v) is 16.6. The second kappa shape index (κ2) is 8.49. The van der Waals surface area contributed by atoms with Crippen molar-refractivity contribution >= 4 is 12.1 Å². The van der Waals surface area contributed by atoms with Gasteiger partial charge in [0.25, 0.3) is 0 Å². The van der Waals surface area contributed by atoms with Crippen molar-refractivity contribution in [2.75, 3.05) is 7.11 Å². The van der Waals surface area contributed by atoms with Gasteiger partial charge in [0.1, 0.15) is 23.4 Å². The van der Waals surface area contributed by atoms with Gasteiger partial charge in [-0.05, 0) is 35.8 Å². The Morgan fingerprint density at radius 3 is 2.76 bits per heavy atom. The first-order chi connectivity index (χ1) is 14.1. The first-order valence-electron chi connectivity index (χ1n) is 9.63. The van der Waals surface area contributed by atoms with Gasteiger partial charge in [-0.2, -0.15) is 0 Å². The minimum Gasteiger partial charge on any atom is -0.457 e. The van der Waals surface area contributed by atoms with E-state index in [0.717, 1.165) is 34.8 Å². The Hall–Kier alpha value is -3.12. The number of ether oxygens (including phenoxy) is 3. The van der Waals surface area contributed by atoms with Crippen molar-refractivity contribution in [2.24, 2.45) is 16.1 Å². The summed E-state index contributed by atoms with van der Waals surface area (Å²) in [6.07, 6.45) is 10.5. The molecular weight excluding hydrogens is 368 g/mol. The number of methoxy groups -OCH3 is 1. The fraction of sp³-hybridized carbons (Fsp3) is 0.304. The second-order valence-electron chi connectivity index (χ2n) is 7.14. The van der Waals surface area contributed by atoms with Crippen LogP contribution in [0.2, 0.25) is 0 Å². The van der Waals surface area contributed by atoms with Crippen LogP contribution in [0.4, 0.5) is 0 Å². The molecule has 150 valence electrons. The minimum atomic E-state index is -0.188. The first-order valence-corrected chi connectivity index (χ1v) is 9.63. The summed E-state index contributed by atoms with van der Waals surface area (Å²) in [5.41, 5.74) is 1.98. The predicted octanol–water partition coefficient (Wildman–Crippen LogP) is 4.83. The van der Waals surface area contributed by atoms with E-state index in [4.69, 9.17) is 19.0 Å². The van der Waals surface area contributed by atoms with Crippen molar-refractivity contribution in [3.8, 4) is 5.75 Å². The fourth-order valence-electron chi connectivity index (χ4n) is 3.29. The van der Waals surface area contributed by atoms with Crippen LogP contribution in [0.1, 0.15) is 31.4 Å². The Morgan fingerprint density at radius 1 is 1.17 bits per heavy atom. The molecule has 0 fully saturated rings. The van der Waals surface area contributed by atoms with E-state index in [2.05, 4.69) is 22.8 Å². The van der Waals surface area contributed by atoms with Gasteiger partial charge in [-0.1, -0.05) is 42.9 Å². The molecule has 3 aliphatic rings. The summed E-state index contributed by atoms with van der Waals surface area (Å²) < 4.78 is 17.2. The van der Waals surface area contributed by atoms with Crippen LogP contribution in [0, 0.1) is 5.92 Å². The number of oxime groups is 1. The quantitative estimate of drug-likeness (QED) is 0.720. The molecule has 0 saturated carbocycles. The molecule has 0 saturated heterocycles. The van der Waals surface area contributed by atoms with Crippen LogP contribution in [0.25, 0.3) is 0 Å². The molecule has 0 bridgehead atoms. The van der Waals surface area contributed by atoms with Gasteiger partial charge in [0.15, 0.2) is 6.10 Å². The van der Waals surface area contributed by atoms with Crippen molar-refractivity contribution in [3.05, 3.63) is 77.9 Å². The molecule has 1 aromatic rings. The third-order valence-corrected chi connectivity index (χ3v) is 5.10. The highest BCUT2D eigenvalue weighted by Crippen LogP contribution is 2.32. The van der Waals surface area contributed by atoms with Crippen LogP contribution < -0.4 is 4.74 Å². The van der Waals surface area contributed by atoms with Crippen LogP contribution in [0.3, 0.4) is 0 Å². The number of hydrogen-bond acceptors (Lipinski definition) is 6. The zero-order valence-electron chi connectivity index (χ0n) is 16.6. The van der Waals surface area contributed by atoms with E-state index in [1.807, 2.05) is 43.3 Å². The third kappa shape index (κ3) is 4.32. The summed E-state index contributed by atoms with van der Waals surface area (Å²) in [5.74, 6) is 2.88. The summed E-state index contributed by atoms with van der Waals surface area (Å²) in [7, 11) is 1.66. The predicted molar refractivity (Wildman–Crippen MR) is 112 cm³/mol. The maximum atomic E-state index is 5.93. The molecule has 1 aromatic carbocycles. The van der Waals surface area contributed by atoms with Gasteiger partial charge in [-0.3, -0.25) is 4.99 Å². The van der Waals surface area contributed by atoms with Crippen molar-refractivity contribution < 1.29 is 19.0 Å². The Bertz CT molecular complexity index is 925. The molecule has 0 aromatic heterocycles. The van der Waals surface area contributed by atoms with Crippen molar-refractivity contribution in [1.82, 2.24) is 0 Å². The normalized spacial score (nSPS) is 25.8. The maximum Gasteiger partial charge on any atom is 0.235 e. The summed E-state index contributed by atoms with van der Waals surface area (Å²) in [6.45, 7) is 6.06. The van der Waals surface area contributed by atoms with Gasteiger partial charge < -0.3 is 19.0 Å². The lowest BCUT2D eigenvalue weighted by molar-refractivity contribution is 0.0850. The number of hydrogen-bond donors (Lipinski definition) is 0. The van der Waals surface area contributed by atoms with E-state index in [-0.39, 0.29) is 18.1 Å². The van der Waals surface area contributed by atoms with Gasteiger partial charge in [0, 0.05) is 19.2 Å². The summed E-state index contributed by atoms with van der Waals surface area (Å²) in [4.78, 5) is 9.76. The highest BCUT2D eigenvalue weighted by molar-refractivity contribution is 5.79. The van der Waals surface area contributed by atoms with Crippen LogP contribution in [-0.2, 0) is 14.3 Å². The lowest BCUT2D eigenvalue weighted by Gasteiger charge is -2.23. The molecule has 0 N–H and O–H groups in total. The molecule has 4 rings (SSSR count). The Kier molecular flexibility index (Phi) is 5.62. The van der Waals surface area contributed by atoms with E-state index < -0.39 is 0 Å². The topological polar surface area (TPSA) is 61.6 Å². The lowest BCUT2D eigenvalue weighted by atomic mass is 10.0. The average Bonchev–Trinajstić information content (AvgIpc) is 3.20. The largest absolute Gasteiger partial charge is 0.457 e. The molecule has 3 atom stereocenters. The molecular formula is C23H24N2O4. The summed E-state index contributed by atoms with van der Waals surface area (Å²) in [5, 5.41) is 4.10. The third-order valence-electron chi connectivity index (χ3n) is 5.10. The number of aliphatic imine (C=N–C) groups is 1. The second-order valence-corrected chi connectivity index (χ2v) is 7.14. The molecule has 0 spiro atoms. The average molecular weight is 392 g/mol. The fourth-order valence-corrected chi connectivity index (χ4v) is 3.29. The van der Waals surface area contributed by atoms with E-state index in [1.54, 1.807) is 19.5 Å². The summed E-state index contributed by atoms with van der Waals surface area (Å²) >= 11 is 0. The van der Waals surface area contributed by atoms with Gasteiger partial charge in [0.2, 0.25) is 5.90 Å². The van der Waals surface area contributed by atoms with Gasteiger partial charge in [-0.15, -0.1) is 0 Å². The van der Waals surface area contributed by atoms with Crippen molar-refractivity contribution in [2.45, 2.75) is 32.0 Å². The smallest absolute Gasteiger partial charge is 0.235 e. The standard InChI is InChI=1S/C23H24N2O4/c1-15-6-4-5-7-19(15)27-18-10-8-17(9-11-18)20-12-23(25-29-20)28-22-14-24-13-21(26-3)16(22)2/h4-5,7-11,13-14,16,20-21H,1,6,12H2,2-3H3/t16?,20-,21?/m1/s1. The molecule has 2 heterocycles. The highest BCUT2D eigenvalue weighted by Gasteiger charge is 2.29. The number of nitrogens with zero attached hydrogens (tertiary/aromatic N) is 2. The van der Waals surface area contributed by atoms with Crippen molar-refractivity contribution in [3.63, 3.8) is 0 Å². The molecule has 2 aliphatic heterocycles. The van der Waals surface area contributed by atoms with Crippen LogP contribution in [-0.4, -0.2) is 25.3 Å². The van der Waals surface area contributed by atoms with Gasteiger partial charge >= 0.3 is 0 Å². The number of allylic oxidation sites excluding steroid dienone is 4. The molecule has 29 heavy (non-hydrogen) atoms. The monoisotopic (exact) mass is 392 g/mol. The number of rotatable bonds is 5. The maximum absolute atomic E-state index is 5.93. The Labute approximate surface area is 170 Å². The lowest BCUT2D eigenvalue weighted by Crippen LogP contribution is -2.27. The zero-order chi connectivity index (χ0) is 20.2. The number of benzene rings is 1. The highest BCUT2D eigenvalue weighted by atomic mass is 16.7. The van der Waals surface area contributed by atoms with E-state index in [0.29, 0.717) is 12.3 Å². The van der Waals surface area contributed by atoms with Gasteiger partial charge in [-0.25, -0.2) is 0 Å². The van der Waals surface area contributed by atoms with Crippen LogP contribution >= 0.6 is 0 Å². The molecule has 0 radical (unpaired) electrons. The van der Waals surface area contributed by atoms with E-state index in [9.17, 15) is 0 Å². The molecule has 6 nitrogen and oxygen atoms in total. The first kappa shape index (κ1) is 19.2. The van der Waals surface area contributed by atoms with Crippen LogP contribution in [0.15, 0.2) is 82.5 Å². The molecule has 1 aliphatic carbocycles. The van der Waals surface area contributed by atoms with Crippen LogP contribution in [0.5, 0.6) is 5.75 Å². The van der Waals surface area contributed by atoms with E-state index in [1.165, 1.54) is 0 Å². The minimum absolute atomic E-state index is 0.0642. The van der Waals surface area contributed by atoms with Gasteiger partial charge in [0.05, 0.1) is 12.6 Å². The van der Waals surface area contributed by atoms with E-state index >= 15 is 0 Å². The Morgan fingerprint density at radius 2 is 2.00 bits per heavy atom. The van der Waals surface area contributed by atoms with Crippen molar-refractivity contribution in [1.29, 1.82) is 0 Å². The summed E-state index contributed by atoms with van der Waals surface area (Å²) in [6, 6.07) is 7.81. The molecule has 6 heteroatoms. The Balaban J connectivity index is 1.35.